The highest BCUT2D eigenvalue weighted by atomic mass is 32.2. The minimum atomic E-state index is -0.721. The molecule has 0 bridgehead atoms. The van der Waals surface area contributed by atoms with E-state index in [4.69, 9.17) is 0 Å². The molecule has 0 amide bonds. The van der Waals surface area contributed by atoms with E-state index in [1.807, 2.05) is 41.9 Å². The summed E-state index contributed by atoms with van der Waals surface area (Å²) in [5, 5.41) is 14.3. The summed E-state index contributed by atoms with van der Waals surface area (Å²) in [5.74, 6) is 2.27. The fourth-order valence-corrected chi connectivity index (χ4v) is 3.71. The Hall–Kier alpha value is -1.66. The van der Waals surface area contributed by atoms with Crippen molar-refractivity contribution in [3.8, 4) is 5.69 Å². The van der Waals surface area contributed by atoms with E-state index >= 15 is 0 Å². The van der Waals surface area contributed by atoms with Crippen LogP contribution >= 0.6 is 0 Å². The van der Waals surface area contributed by atoms with Crippen LogP contribution in [0, 0.1) is 6.92 Å². The van der Waals surface area contributed by atoms with Gasteiger partial charge in [0.15, 0.2) is 0 Å². The Morgan fingerprint density at radius 2 is 1.90 bits per heavy atom. The van der Waals surface area contributed by atoms with E-state index < -0.39 is 10.8 Å². The topological polar surface area (TPSA) is 58.4 Å². The van der Waals surface area contributed by atoms with Crippen LogP contribution in [0.5, 0.6) is 0 Å². The lowest BCUT2D eigenvalue weighted by atomic mass is 10.2. The number of rotatable bonds is 3. The first-order valence-electron chi connectivity index (χ1n) is 7.05. The molecule has 21 heavy (non-hydrogen) atoms. The normalized spacial score (nSPS) is 16.4. The van der Waals surface area contributed by atoms with Gasteiger partial charge in [-0.05, 0) is 19.1 Å². The molecule has 0 spiro atoms. The van der Waals surface area contributed by atoms with Crippen LogP contribution in [0.4, 0.5) is 5.82 Å². The van der Waals surface area contributed by atoms with Gasteiger partial charge in [0.05, 0.1) is 18.0 Å². The molecule has 5 nitrogen and oxygen atoms in total. The van der Waals surface area contributed by atoms with Crippen LogP contribution in [0.2, 0.25) is 0 Å². The van der Waals surface area contributed by atoms with Crippen molar-refractivity contribution in [2.24, 2.45) is 0 Å². The highest BCUT2D eigenvalue weighted by Crippen LogP contribution is 2.28. The maximum absolute atomic E-state index is 11.6. The lowest BCUT2D eigenvalue weighted by molar-refractivity contribution is 0.281. The quantitative estimate of drug-likeness (QED) is 0.927. The molecule has 3 rings (SSSR count). The molecule has 1 saturated heterocycles. The molecule has 1 aromatic carbocycles. The van der Waals surface area contributed by atoms with Gasteiger partial charge >= 0.3 is 0 Å². The average Bonchev–Trinajstić information content (AvgIpc) is 2.85. The molecule has 1 aromatic heterocycles. The molecule has 1 aliphatic heterocycles. The zero-order valence-corrected chi connectivity index (χ0v) is 12.8. The van der Waals surface area contributed by atoms with Crippen LogP contribution < -0.4 is 4.90 Å². The van der Waals surface area contributed by atoms with Crippen LogP contribution in [0.3, 0.4) is 0 Å². The van der Waals surface area contributed by atoms with Crippen molar-refractivity contribution in [2.75, 3.05) is 29.5 Å². The van der Waals surface area contributed by atoms with E-state index in [2.05, 4.69) is 10.00 Å². The molecule has 6 heteroatoms. The summed E-state index contributed by atoms with van der Waals surface area (Å²) in [7, 11) is -0.721. The van der Waals surface area contributed by atoms with Crippen molar-refractivity contribution in [3.05, 3.63) is 41.6 Å². The fraction of sp³-hybridized carbons (Fsp3) is 0.400. The predicted molar refractivity (Wildman–Crippen MR) is 84.3 cm³/mol. The van der Waals surface area contributed by atoms with Gasteiger partial charge in [-0.15, -0.1) is 0 Å². The second-order valence-electron chi connectivity index (χ2n) is 5.13. The zero-order chi connectivity index (χ0) is 14.8. The van der Waals surface area contributed by atoms with Gasteiger partial charge in [0.2, 0.25) is 0 Å². The van der Waals surface area contributed by atoms with Crippen molar-refractivity contribution < 1.29 is 9.32 Å². The number of aromatic nitrogens is 2. The van der Waals surface area contributed by atoms with Gasteiger partial charge in [-0.1, -0.05) is 18.2 Å². The Bertz CT molecular complexity index is 644. The van der Waals surface area contributed by atoms with E-state index in [1.54, 1.807) is 0 Å². The summed E-state index contributed by atoms with van der Waals surface area (Å²) < 4.78 is 13.5. The lowest BCUT2D eigenvalue weighted by Crippen LogP contribution is -2.39. The third-order valence-electron chi connectivity index (χ3n) is 3.79. The lowest BCUT2D eigenvalue weighted by Gasteiger charge is -2.29. The maximum Gasteiger partial charge on any atom is 0.138 e. The first kappa shape index (κ1) is 14.3. The number of anilines is 1. The molecule has 2 aromatic rings. The van der Waals surface area contributed by atoms with Crippen LogP contribution in [0.25, 0.3) is 5.69 Å². The standard InChI is InChI=1S/C15H19N3O2S/c1-12-14(11-19)15(17-7-9-21(20)10-8-17)18(16-12)13-5-3-2-4-6-13/h2-6,19H,7-11H2,1H3. The highest BCUT2D eigenvalue weighted by molar-refractivity contribution is 7.85. The van der Waals surface area contributed by atoms with Crippen molar-refractivity contribution >= 4 is 16.6 Å². The van der Waals surface area contributed by atoms with E-state index in [1.165, 1.54) is 0 Å². The molecule has 0 radical (unpaired) electrons. The molecule has 0 atom stereocenters. The van der Waals surface area contributed by atoms with Gasteiger partial charge in [-0.25, -0.2) is 4.68 Å². The largest absolute Gasteiger partial charge is 0.391 e. The minimum Gasteiger partial charge on any atom is -0.391 e. The third-order valence-corrected chi connectivity index (χ3v) is 5.07. The molecule has 1 N–H and O–H groups in total. The molecule has 0 unspecified atom stereocenters. The van der Waals surface area contributed by atoms with Gasteiger partial charge < -0.3 is 10.0 Å². The fourth-order valence-electron chi connectivity index (χ4n) is 2.66. The molecule has 0 saturated carbocycles. The predicted octanol–water partition coefficient (Wildman–Crippen LogP) is 1.24. The van der Waals surface area contributed by atoms with Crippen molar-refractivity contribution in [1.82, 2.24) is 9.78 Å². The molecular formula is C15H19N3O2S. The second kappa shape index (κ2) is 5.99. The molecule has 1 aliphatic rings. The number of hydrogen-bond acceptors (Lipinski definition) is 4. The van der Waals surface area contributed by atoms with Crippen LogP contribution in [-0.2, 0) is 17.4 Å². The highest BCUT2D eigenvalue weighted by Gasteiger charge is 2.24. The van der Waals surface area contributed by atoms with Gasteiger partial charge in [-0.2, -0.15) is 5.10 Å². The Balaban J connectivity index is 2.06. The van der Waals surface area contributed by atoms with Crippen LogP contribution in [0.15, 0.2) is 30.3 Å². The van der Waals surface area contributed by atoms with Crippen LogP contribution in [0.1, 0.15) is 11.3 Å². The zero-order valence-electron chi connectivity index (χ0n) is 12.0. The van der Waals surface area contributed by atoms with Crippen molar-refractivity contribution in [1.29, 1.82) is 0 Å². The molecule has 0 aliphatic carbocycles. The first-order chi connectivity index (χ1) is 10.2. The Labute approximate surface area is 126 Å². The maximum atomic E-state index is 11.6. The summed E-state index contributed by atoms with van der Waals surface area (Å²) in [5.41, 5.74) is 2.66. The average molecular weight is 305 g/mol. The Morgan fingerprint density at radius 1 is 1.24 bits per heavy atom. The van der Waals surface area contributed by atoms with E-state index in [9.17, 15) is 9.32 Å². The molecule has 1 fully saturated rings. The summed E-state index contributed by atoms with van der Waals surface area (Å²) in [6.45, 7) is 3.35. The molecule has 112 valence electrons. The summed E-state index contributed by atoms with van der Waals surface area (Å²) in [4.78, 5) is 2.18. The van der Waals surface area contributed by atoms with E-state index in [-0.39, 0.29) is 6.61 Å². The number of benzene rings is 1. The van der Waals surface area contributed by atoms with Gasteiger partial charge in [0.25, 0.3) is 0 Å². The smallest absolute Gasteiger partial charge is 0.138 e. The number of para-hydroxylation sites is 1. The van der Waals surface area contributed by atoms with Gasteiger partial charge in [0, 0.05) is 41.0 Å². The number of hydrogen-bond donors (Lipinski definition) is 1. The number of aliphatic hydroxyl groups is 1. The van der Waals surface area contributed by atoms with E-state index in [0.29, 0.717) is 11.5 Å². The Kier molecular flexibility index (Phi) is 4.07. The Morgan fingerprint density at radius 3 is 2.52 bits per heavy atom. The second-order valence-corrected chi connectivity index (χ2v) is 6.82. The SMILES string of the molecule is Cc1nn(-c2ccccc2)c(N2CCS(=O)CC2)c1CO. The molecule has 2 heterocycles. The summed E-state index contributed by atoms with van der Waals surface area (Å²) in [6, 6.07) is 9.91. The summed E-state index contributed by atoms with van der Waals surface area (Å²) in [6.07, 6.45) is 0. The minimum absolute atomic E-state index is 0.0341. The number of aliphatic hydroxyl groups excluding tert-OH is 1. The van der Waals surface area contributed by atoms with Crippen molar-refractivity contribution in [3.63, 3.8) is 0 Å². The molecular weight excluding hydrogens is 286 g/mol. The third kappa shape index (κ3) is 2.73. The first-order valence-corrected chi connectivity index (χ1v) is 8.54. The number of aryl methyl sites for hydroxylation is 1. The van der Waals surface area contributed by atoms with Gasteiger partial charge in [0.1, 0.15) is 5.82 Å². The van der Waals surface area contributed by atoms with Gasteiger partial charge in [-0.3, -0.25) is 4.21 Å². The monoisotopic (exact) mass is 305 g/mol. The van der Waals surface area contributed by atoms with Crippen LogP contribution in [-0.4, -0.2) is 43.7 Å². The number of nitrogens with zero attached hydrogens (tertiary/aromatic N) is 3. The van der Waals surface area contributed by atoms with E-state index in [0.717, 1.165) is 35.9 Å². The summed E-state index contributed by atoms with van der Waals surface area (Å²) >= 11 is 0. The van der Waals surface area contributed by atoms with Crippen molar-refractivity contribution in [2.45, 2.75) is 13.5 Å².